The number of carbonyl (C=O) groups excluding carboxylic acids is 1. The summed E-state index contributed by atoms with van der Waals surface area (Å²) in [6.07, 6.45) is 4.08. The number of amides is 1. The van der Waals surface area contributed by atoms with Gasteiger partial charge in [-0.3, -0.25) is 20.2 Å². The molecule has 3 rings (SSSR count). The molecule has 0 unspecified atom stereocenters. The maximum absolute atomic E-state index is 12.5. The Bertz CT molecular complexity index is 864. The Balaban J connectivity index is 1.69. The fourth-order valence-electron chi connectivity index (χ4n) is 3.66. The molecule has 28 heavy (non-hydrogen) atoms. The lowest BCUT2D eigenvalue weighted by atomic mass is 9.88. The number of ether oxygens (including phenoxy) is 1. The highest BCUT2D eigenvalue weighted by atomic mass is 35.5. The van der Waals surface area contributed by atoms with Gasteiger partial charge in [0, 0.05) is 16.6 Å². The van der Waals surface area contributed by atoms with Crippen LogP contribution in [0.1, 0.15) is 31.2 Å². The van der Waals surface area contributed by atoms with E-state index >= 15 is 0 Å². The topological polar surface area (TPSA) is 93.5 Å². The van der Waals surface area contributed by atoms with Crippen LogP contribution < -0.4 is 15.4 Å². The highest BCUT2D eigenvalue weighted by molar-refractivity contribution is 6.30. The number of nitrogens with one attached hydrogen (secondary N) is 2. The molecule has 1 aliphatic carbocycles. The van der Waals surface area contributed by atoms with Crippen LogP contribution in [0.4, 0.5) is 11.4 Å². The third-order valence-corrected chi connectivity index (χ3v) is 5.36. The van der Waals surface area contributed by atoms with Crippen LogP contribution in [0.15, 0.2) is 42.5 Å². The predicted molar refractivity (Wildman–Crippen MR) is 108 cm³/mol. The summed E-state index contributed by atoms with van der Waals surface area (Å²) in [5, 5.41) is 17.7. The number of carbonyl (C=O) groups is 1. The van der Waals surface area contributed by atoms with E-state index in [-0.39, 0.29) is 29.4 Å². The summed E-state index contributed by atoms with van der Waals surface area (Å²) in [6, 6.07) is 11.8. The van der Waals surface area contributed by atoms with Gasteiger partial charge in [0.15, 0.2) is 0 Å². The Morgan fingerprint density at radius 1 is 1.21 bits per heavy atom. The lowest BCUT2D eigenvalue weighted by molar-refractivity contribution is -0.384. The SMILES string of the molecule is COc1cc([N+](=O)[O-])ccc1NC(=O)CNC1(c2ccc(Cl)cc2)CCCC1. The molecule has 0 saturated heterocycles. The molecule has 7 nitrogen and oxygen atoms in total. The van der Waals surface area contributed by atoms with Crippen molar-refractivity contribution in [3.63, 3.8) is 0 Å². The van der Waals surface area contributed by atoms with Gasteiger partial charge in [0.25, 0.3) is 5.69 Å². The first kappa shape index (κ1) is 20.1. The van der Waals surface area contributed by atoms with Crippen molar-refractivity contribution in [1.82, 2.24) is 5.32 Å². The number of non-ortho nitro benzene ring substituents is 1. The van der Waals surface area contributed by atoms with E-state index in [9.17, 15) is 14.9 Å². The van der Waals surface area contributed by atoms with Gasteiger partial charge in [-0.05, 0) is 36.6 Å². The summed E-state index contributed by atoms with van der Waals surface area (Å²) in [5.74, 6) is 0.00298. The molecule has 0 aliphatic heterocycles. The number of rotatable bonds is 7. The second kappa shape index (κ2) is 8.58. The van der Waals surface area contributed by atoms with Crippen molar-refractivity contribution in [3.8, 4) is 5.75 Å². The fraction of sp³-hybridized carbons (Fsp3) is 0.350. The van der Waals surface area contributed by atoms with E-state index in [0.29, 0.717) is 10.7 Å². The molecule has 2 N–H and O–H groups in total. The van der Waals surface area contributed by atoms with Crippen LogP contribution in [0.5, 0.6) is 5.75 Å². The molecule has 0 bridgehead atoms. The molecule has 2 aromatic carbocycles. The largest absolute Gasteiger partial charge is 0.494 e. The molecule has 1 amide bonds. The minimum absolute atomic E-state index is 0.0966. The van der Waals surface area contributed by atoms with Gasteiger partial charge in [0.2, 0.25) is 5.91 Å². The van der Waals surface area contributed by atoms with Crippen molar-refractivity contribution in [2.45, 2.75) is 31.2 Å². The van der Waals surface area contributed by atoms with Crippen molar-refractivity contribution in [3.05, 3.63) is 63.2 Å². The average Bonchev–Trinajstić information content (AvgIpc) is 3.17. The summed E-state index contributed by atoms with van der Waals surface area (Å²) in [4.78, 5) is 22.9. The zero-order valence-electron chi connectivity index (χ0n) is 15.5. The second-order valence-electron chi connectivity index (χ2n) is 6.84. The lowest BCUT2D eigenvalue weighted by Crippen LogP contribution is -2.44. The van der Waals surface area contributed by atoms with Crippen LogP contribution in [0, 0.1) is 10.1 Å². The minimum atomic E-state index is -0.508. The third kappa shape index (κ3) is 4.43. The zero-order valence-corrected chi connectivity index (χ0v) is 16.3. The van der Waals surface area contributed by atoms with Crippen molar-refractivity contribution in [1.29, 1.82) is 0 Å². The van der Waals surface area contributed by atoms with Gasteiger partial charge in [-0.25, -0.2) is 0 Å². The molecular formula is C20H22ClN3O4. The van der Waals surface area contributed by atoms with Gasteiger partial charge in [0.05, 0.1) is 30.3 Å². The van der Waals surface area contributed by atoms with Crippen molar-refractivity contribution in [2.24, 2.45) is 0 Å². The van der Waals surface area contributed by atoms with Gasteiger partial charge >= 0.3 is 0 Å². The number of hydrogen-bond donors (Lipinski definition) is 2. The Labute approximate surface area is 168 Å². The van der Waals surface area contributed by atoms with Crippen LogP contribution in [0.3, 0.4) is 0 Å². The van der Waals surface area contributed by atoms with Crippen molar-refractivity contribution < 1.29 is 14.5 Å². The molecule has 1 aliphatic rings. The Kier molecular flexibility index (Phi) is 6.16. The monoisotopic (exact) mass is 403 g/mol. The maximum Gasteiger partial charge on any atom is 0.273 e. The first-order chi connectivity index (χ1) is 13.4. The number of hydrogen-bond acceptors (Lipinski definition) is 5. The summed E-state index contributed by atoms with van der Waals surface area (Å²) in [5.41, 5.74) is 1.17. The van der Waals surface area contributed by atoms with E-state index in [2.05, 4.69) is 10.6 Å². The highest BCUT2D eigenvalue weighted by Gasteiger charge is 2.35. The predicted octanol–water partition coefficient (Wildman–Crippen LogP) is 4.25. The van der Waals surface area contributed by atoms with E-state index in [1.807, 2.05) is 24.3 Å². The van der Waals surface area contributed by atoms with Crippen LogP contribution in [-0.2, 0) is 10.3 Å². The molecule has 1 saturated carbocycles. The molecule has 8 heteroatoms. The van der Waals surface area contributed by atoms with Crippen molar-refractivity contribution >= 4 is 28.9 Å². The first-order valence-electron chi connectivity index (χ1n) is 9.07. The third-order valence-electron chi connectivity index (χ3n) is 5.11. The van der Waals surface area contributed by atoms with E-state index in [1.54, 1.807) is 0 Å². The summed E-state index contributed by atoms with van der Waals surface area (Å²) in [7, 11) is 1.40. The van der Waals surface area contributed by atoms with Crippen LogP contribution in [0.25, 0.3) is 0 Å². The Morgan fingerprint density at radius 3 is 2.50 bits per heavy atom. The first-order valence-corrected chi connectivity index (χ1v) is 9.45. The molecule has 0 heterocycles. The maximum atomic E-state index is 12.5. The molecule has 0 spiro atoms. The second-order valence-corrected chi connectivity index (χ2v) is 7.28. The van der Waals surface area contributed by atoms with Gasteiger partial charge in [-0.15, -0.1) is 0 Å². The fourth-order valence-corrected chi connectivity index (χ4v) is 3.78. The van der Waals surface area contributed by atoms with Gasteiger partial charge in [-0.1, -0.05) is 36.6 Å². The molecule has 0 aromatic heterocycles. The van der Waals surface area contributed by atoms with Crippen molar-refractivity contribution in [2.75, 3.05) is 19.0 Å². The summed E-state index contributed by atoms with van der Waals surface area (Å²) >= 11 is 6.00. The van der Waals surface area contributed by atoms with Gasteiger partial charge in [-0.2, -0.15) is 0 Å². The summed E-state index contributed by atoms with van der Waals surface area (Å²) in [6.45, 7) is 0.114. The number of nitro groups is 1. The minimum Gasteiger partial charge on any atom is -0.494 e. The van der Waals surface area contributed by atoms with Crippen LogP contribution in [0.2, 0.25) is 5.02 Å². The number of halogens is 1. The van der Waals surface area contributed by atoms with E-state index in [0.717, 1.165) is 31.2 Å². The molecule has 0 radical (unpaired) electrons. The average molecular weight is 404 g/mol. The quantitative estimate of drug-likeness (QED) is 0.532. The Morgan fingerprint density at radius 2 is 1.89 bits per heavy atom. The zero-order chi connectivity index (χ0) is 20.1. The molecule has 2 aromatic rings. The standard InChI is InChI=1S/C20H22ClN3O4/c1-28-18-12-16(24(26)27)8-9-17(18)23-19(25)13-22-20(10-2-3-11-20)14-4-6-15(21)7-5-14/h4-9,12,22H,2-3,10-11,13H2,1H3,(H,23,25). The smallest absolute Gasteiger partial charge is 0.273 e. The van der Waals surface area contributed by atoms with Gasteiger partial charge < -0.3 is 10.1 Å². The number of methoxy groups -OCH3 is 1. The summed E-state index contributed by atoms with van der Waals surface area (Å²) < 4.78 is 5.16. The molecule has 0 atom stereocenters. The normalized spacial score (nSPS) is 15.2. The van der Waals surface area contributed by atoms with E-state index in [4.69, 9.17) is 16.3 Å². The van der Waals surface area contributed by atoms with E-state index in [1.165, 1.54) is 25.3 Å². The van der Waals surface area contributed by atoms with Crippen LogP contribution >= 0.6 is 11.6 Å². The Hall–Kier alpha value is -2.64. The number of anilines is 1. The number of nitrogens with zero attached hydrogens (tertiary/aromatic N) is 1. The molecule has 148 valence electrons. The molecular weight excluding hydrogens is 382 g/mol. The highest BCUT2D eigenvalue weighted by Crippen LogP contribution is 2.39. The lowest BCUT2D eigenvalue weighted by Gasteiger charge is -2.31. The van der Waals surface area contributed by atoms with E-state index < -0.39 is 4.92 Å². The number of nitro benzene ring substituents is 1. The number of benzene rings is 2. The van der Waals surface area contributed by atoms with Crippen LogP contribution in [-0.4, -0.2) is 24.5 Å². The van der Waals surface area contributed by atoms with Gasteiger partial charge in [0.1, 0.15) is 5.75 Å². The molecule has 1 fully saturated rings.